The number of nitrogens with zero attached hydrogens (tertiary/aromatic N) is 1. The third-order valence-electron chi connectivity index (χ3n) is 1.86. The minimum Gasteiger partial charge on any atom is -0.391 e. The lowest BCUT2D eigenvalue weighted by Crippen LogP contribution is -2.48. The first-order chi connectivity index (χ1) is 6.09. The monoisotopic (exact) mass is 210 g/mol. The summed E-state index contributed by atoms with van der Waals surface area (Å²) < 4.78 is 29.2. The molecule has 0 spiro atoms. The lowest BCUT2D eigenvalue weighted by molar-refractivity contribution is -0.0158. The Morgan fingerprint density at radius 3 is 2.92 bits per heavy atom. The van der Waals surface area contributed by atoms with Crippen LogP contribution in [0.4, 0.5) is 8.78 Å². The molecule has 1 fully saturated rings. The molecular formula is C7H12F2N2OS. The van der Waals surface area contributed by atoms with Crippen molar-refractivity contribution in [3.63, 3.8) is 0 Å². The second kappa shape index (κ2) is 4.78. The lowest BCUT2D eigenvalue weighted by Gasteiger charge is -2.31. The molecule has 1 rings (SSSR count). The zero-order valence-electron chi connectivity index (χ0n) is 7.08. The Labute approximate surface area is 80.8 Å². The van der Waals surface area contributed by atoms with Crippen LogP contribution in [0.2, 0.25) is 0 Å². The van der Waals surface area contributed by atoms with Crippen LogP contribution in [0.1, 0.15) is 0 Å². The summed E-state index contributed by atoms with van der Waals surface area (Å²) in [6.45, 7) is 1.07. The Morgan fingerprint density at radius 2 is 2.38 bits per heavy atom. The van der Waals surface area contributed by atoms with Crippen LogP contribution in [0.15, 0.2) is 0 Å². The number of hydrogen-bond acceptors (Lipinski definition) is 3. The maximum atomic E-state index is 12.0. The lowest BCUT2D eigenvalue weighted by atomic mass is 10.2. The molecule has 0 saturated carbocycles. The first-order valence-corrected chi connectivity index (χ1v) is 4.42. The maximum absolute atomic E-state index is 12.0. The molecule has 0 aromatic heterocycles. The second-order valence-corrected chi connectivity index (χ2v) is 3.38. The van der Waals surface area contributed by atoms with E-state index in [1.54, 1.807) is 4.90 Å². The van der Waals surface area contributed by atoms with Crippen LogP contribution >= 0.6 is 12.2 Å². The van der Waals surface area contributed by atoms with Gasteiger partial charge in [0.25, 0.3) is 6.43 Å². The Bertz CT molecular complexity index is 191. The van der Waals surface area contributed by atoms with Crippen molar-refractivity contribution in [1.82, 2.24) is 4.90 Å². The van der Waals surface area contributed by atoms with Crippen LogP contribution < -0.4 is 5.73 Å². The SMILES string of the molecule is NC(=S)C1CN(CC(F)F)CCO1. The molecule has 1 heterocycles. The van der Waals surface area contributed by atoms with Gasteiger partial charge < -0.3 is 10.5 Å². The van der Waals surface area contributed by atoms with Gasteiger partial charge in [-0.25, -0.2) is 8.78 Å². The molecule has 0 aliphatic carbocycles. The summed E-state index contributed by atoms with van der Waals surface area (Å²) in [5.74, 6) is 0. The van der Waals surface area contributed by atoms with Gasteiger partial charge in [0, 0.05) is 13.1 Å². The van der Waals surface area contributed by atoms with E-state index >= 15 is 0 Å². The topological polar surface area (TPSA) is 38.5 Å². The fraction of sp³-hybridized carbons (Fsp3) is 0.857. The zero-order chi connectivity index (χ0) is 9.84. The molecule has 0 radical (unpaired) electrons. The van der Waals surface area contributed by atoms with Gasteiger partial charge in [0.15, 0.2) is 0 Å². The van der Waals surface area contributed by atoms with Gasteiger partial charge in [-0.15, -0.1) is 0 Å². The Hall–Kier alpha value is -0.330. The van der Waals surface area contributed by atoms with E-state index in [0.717, 1.165) is 0 Å². The van der Waals surface area contributed by atoms with E-state index in [1.165, 1.54) is 0 Å². The van der Waals surface area contributed by atoms with E-state index < -0.39 is 6.43 Å². The highest BCUT2D eigenvalue weighted by atomic mass is 32.1. The standard InChI is InChI=1S/C7H12F2N2OS/c8-6(9)4-11-1-2-12-5(3-11)7(10)13/h5-6H,1-4H2,(H2,10,13). The van der Waals surface area contributed by atoms with E-state index in [9.17, 15) is 8.78 Å². The second-order valence-electron chi connectivity index (χ2n) is 2.91. The molecule has 1 saturated heterocycles. The van der Waals surface area contributed by atoms with Crippen molar-refractivity contribution in [3.8, 4) is 0 Å². The van der Waals surface area contributed by atoms with Gasteiger partial charge in [-0.1, -0.05) is 12.2 Å². The normalized spacial score (nSPS) is 25.0. The molecule has 0 aromatic carbocycles. The van der Waals surface area contributed by atoms with Gasteiger partial charge in [-0.2, -0.15) is 0 Å². The minimum atomic E-state index is -2.31. The molecule has 13 heavy (non-hydrogen) atoms. The molecular weight excluding hydrogens is 198 g/mol. The molecule has 2 N–H and O–H groups in total. The van der Waals surface area contributed by atoms with Gasteiger partial charge >= 0.3 is 0 Å². The highest BCUT2D eigenvalue weighted by Crippen LogP contribution is 2.07. The molecule has 3 nitrogen and oxygen atoms in total. The maximum Gasteiger partial charge on any atom is 0.251 e. The largest absolute Gasteiger partial charge is 0.391 e. The average Bonchev–Trinajstić information content (AvgIpc) is 2.03. The van der Waals surface area contributed by atoms with E-state index in [0.29, 0.717) is 19.7 Å². The van der Waals surface area contributed by atoms with E-state index in [4.69, 9.17) is 22.7 Å². The highest BCUT2D eigenvalue weighted by Gasteiger charge is 2.24. The molecule has 1 atom stereocenters. The number of morpholine rings is 1. The van der Waals surface area contributed by atoms with Crippen molar-refractivity contribution < 1.29 is 13.5 Å². The number of nitrogens with two attached hydrogens (primary N) is 1. The smallest absolute Gasteiger partial charge is 0.251 e. The van der Waals surface area contributed by atoms with Gasteiger partial charge in [0.1, 0.15) is 11.1 Å². The summed E-state index contributed by atoms with van der Waals surface area (Å²) in [7, 11) is 0. The van der Waals surface area contributed by atoms with Crippen molar-refractivity contribution in [3.05, 3.63) is 0 Å². The molecule has 0 amide bonds. The number of thiocarbonyl (C=S) groups is 1. The number of hydrogen-bond donors (Lipinski definition) is 1. The van der Waals surface area contributed by atoms with Crippen LogP contribution in [-0.4, -0.2) is 48.7 Å². The van der Waals surface area contributed by atoms with Gasteiger partial charge in [-0.05, 0) is 0 Å². The summed E-state index contributed by atoms with van der Waals surface area (Å²) in [6.07, 6.45) is -2.69. The summed E-state index contributed by atoms with van der Waals surface area (Å²) >= 11 is 4.72. The van der Waals surface area contributed by atoms with Gasteiger partial charge in [-0.3, -0.25) is 4.90 Å². The summed E-state index contributed by atoms with van der Waals surface area (Å²) in [4.78, 5) is 1.84. The number of ether oxygens (including phenoxy) is 1. The molecule has 0 bridgehead atoms. The first kappa shape index (κ1) is 10.7. The Kier molecular flexibility index (Phi) is 3.95. The number of rotatable bonds is 3. The first-order valence-electron chi connectivity index (χ1n) is 4.01. The number of halogens is 2. The predicted molar refractivity (Wildman–Crippen MR) is 49.0 cm³/mol. The van der Waals surface area contributed by atoms with Crippen molar-refractivity contribution in [1.29, 1.82) is 0 Å². The third kappa shape index (κ3) is 3.50. The molecule has 0 aromatic rings. The van der Waals surface area contributed by atoms with Crippen molar-refractivity contribution >= 4 is 17.2 Å². The van der Waals surface area contributed by atoms with E-state index in [-0.39, 0.29) is 17.6 Å². The van der Waals surface area contributed by atoms with Crippen LogP contribution in [0.5, 0.6) is 0 Å². The van der Waals surface area contributed by atoms with Crippen molar-refractivity contribution in [2.45, 2.75) is 12.5 Å². The fourth-order valence-corrected chi connectivity index (χ4v) is 1.38. The average molecular weight is 210 g/mol. The van der Waals surface area contributed by atoms with Gasteiger partial charge in [0.2, 0.25) is 0 Å². The van der Waals surface area contributed by atoms with Crippen LogP contribution in [0.3, 0.4) is 0 Å². The summed E-state index contributed by atoms with van der Waals surface area (Å²) in [5.41, 5.74) is 5.35. The third-order valence-corrected chi connectivity index (χ3v) is 2.13. The Balaban J connectivity index is 2.37. The predicted octanol–water partition coefficient (Wildman–Crippen LogP) is 0.238. The molecule has 1 aliphatic heterocycles. The van der Waals surface area contributed by atoms with Crippen LogP contribution in [-0.2, 0) is 4.74 Å². The summed E-state index contributed by atoms with van der Waals surface area (Å²) in [5, 5.41) is 0. The molecule has 76 valence electrons. The Morgan fingerprint density at radius 1 is 1.69 bits per heavy atom. The van der Waals surface area contributed by atoms with Crippen LogP contribution in [0, 0.1) is 0 Å². The molecule has 6 heteroatoms. The quantitative estimate of drug-likeness (QED) is 0.677. The zero-order valence-corrected chi connectivity index (χ0v) is 7.90. The summed E-state index contributed by atoms with van der Waals surface area (Å²) in [6, 6.07) is 0. The van der Waals surface area contributed by atoms with Gasteiger partial charge in [0.05, 0.1) is 13.2 Å². The minimum absolute atomic E-state index is 0.234. The van der Waals surface area contributed by atoms with E-state index in [2.05, 4.69) is 0 Å². The number of alkyl halides is 2. The molecule has 1 unspecified atom stereocenters. The van der Waals surface area contributed by atoms with Crippen LogP contribution in [0.25, 0.3) is 0 Å². The van der Waals surface area contributed by atoms with E-state index in [1.807, 2.05) is 0 Å². The van der Waals surface area contributed by atoms with Crippen molar-refractivity contribution in [2.75, 3.05) is 26.2 Å². The fourth-order valence-electron chi connectivity index (χ4n) is 1.24. The highest BCUT2D eigenvalue weighted by molar-refractivity contribution is 7.80. The van der Waals surface area contributed by atoms with Crippen molar-refractivity contribution in [2.24, 2.45) is 5.73 Å². The molecule has 1 aliphatic rings.